The number of carbonyl (C=O) groups is 1. The average Bonchev–Trinajstić information content (AvgIpc) is 2.66. The van der Waals surface area contributed by atoms with Crippen molar-refractivity contribution < 1.29 is 13.9 Å². The number of ether oxygens (including phenoxy) is 1. The van der Waals surface area contributed by atoms with Crippen LogP contribution in [0.3, 0.4) is 0 Å². The molecule has 0 aromatic heterocycles. The molecule has 0 aliphatic carbocycles. The summed E-state index contributed by atoms with van der Waals surface area (Å²) in [7, 11) is 1.62. The molecule has 2 aromatic rings. The van der Waals surface area contributed by atoms with Gasteiger partial charge in [0.2, 0.25) is 5.91 Å². The van der Waals surface area contributed by atoms with Crippen LogP contribution < -0.4 is 10.1 Å². The first-order valence-electron chi connectivity index (χ1n) is 9.03. The predicted molar refractivity (Wildman–Crippen MR) is 101 cm³/mol. The van der Waals surface area contributed by atoms with Gasteiger partial charge in [0.25, 0.3) is 0 Å². The molecule has 5 heteroatoms. The molecule has 3 rings (SSSR count). The van der Waals surface area contributed by atoms with Crippen LogP contribution in [0, 0.1) is 11.7 Å². The molecule has 0 spiro atoms. The minimum absolute atomic E-state index is 0.00662. The molecule has 1 saturated heterocycles. The van der Waals surface area contributed by atoms with Crippen LogP contribution in [0.1, 0.15) is 18.4 Å². The third kappa shape index (κ3) is 5.30. The third-order valence-electron chi connectivity index (χ3n) is 4.89. The van der Waals surface area contributed by atoms with Gasteiger partial charge < -0.3 is 10.1 Å². The molecule has 1 heterocycles. The Labute approximate surface area is 154 Å². The molecular weight excluding hydrogens is 331 g/mol. The van der Waals surface area contributed by atoms with Crippen LogP contribution in [0.4, 0.5) is 10.1 Å². The fraction of sp³-hybridized carbons (Fsp3) is 0.381. The predicted octanol–water partition coefficient (Wildman–Crippen LogP) is 3.73. The average molecular weight is 356 g/mol. The number of carbonyl (C=O) groups excluding carboxylic acids is 1. The monoisotopic (exact) mass is 356 g/mol. The van der Waals surface area contributed by atoms with Crippen LogP contribution in [-0.2, 0) is 11.2 Å². The molecule has 1 aliphatic rings. The number of hydrogen-bond donors (Lipinski definition) is 1. The van der Waals surface area contributed by atoms with Crippen molar-refractivity contribution in [2.75, 3.05) is 32.1 Å². The van der Waals surface area contributed by atoms with Gasteiger partial charge in [-0.25, -0.2) is 4.39 Å². The van der Waals surface area contributed by atoms with Crippen LogP contribution in [0.25, 0.3) is 0 Å². The lowest BCUT2D eigenvalue weighted by molar-refractivity contribution is -0.117. The topological polar surface area (TPSA) is 41.6 Å². The Kier molecular flexibility index (Phi) is 6.23. The number of rotatable bonds is 6. The van der Waals surface area contributed by atoms with Gasteiger partial charge in [0.05, 0.1) is 13.7 Å². The van der Waals surface area contributed by atoms with Crippen LogP contribution in [0.15, 0.2) is 48.5 Å². The standard InChI is InChI=1S/C21H25FN2O2/c1-26-20-8-6-19(7-9-20)23-21(25)15-24-12-10-17(11-13-24)14-16-2-4-18(22)5-3-16/h2-9,17H,10-15H2,1H3,(H,23,25). The maximum absolute atomic E-state index is 13.0. The summed E-state index contributed by atoms with van der Waals surface area (Å²) in [5, 5.41) is 2.93. The molecule has 1 aliphatic heterocycles. The number of piperidine rings is 1. The molecule has 1 fully saturated rings. The SMILES string of the molecule is COc1ccc(NC(=O)CN2CCC(Cc3ccc(F)cc3)CC2)cc1. The number of nitrogens with zero attached hydrogens (tertiary/aromatic N) is 1. The van der Waals surface area contributed by atoms with E-state index in [1.54, 1.807) is 7.11 Å². The summed E-state index contributed by atoms with van der Waals surface area (Å²) in [5.74, 6) is 1.19. The van der Waals surface area contributed by atoms with Crippen molar-refractivity contribution in [3.63, 3.8) is 0 Å². The van der Waals surface area contributed by atoms with Crippen LogP contribution >= 0.6 is 0 Å². The maximum atomic E-state index is 13.0. The van der Waals surface area contributed by atoms with Gasteiger partial charge in [-0.15, -0.1) is 0 Å². The molecule has 1 amide bonds. The summed E-state index contributed by atoms with van der Waals surface area (Å²) in [4.78, 5) is 14.4. The summed E-state index contributed by atoms with van der Waals surface area (Å²) < 4.78 is 18.1. The highest BCUT2D eigenvalue weighted by molar-refractivity contribution is 5.92. The first kappa shape index (κ1) is 18.4. The second-order valence-corrected chi connectivity index (χ2v) is 6.83. The van der Waals surface area contributed by atoms with Crippen LogP contribution in [0.5, 0.6) is 5.75 Å². The fourth-order valence-electron chi connectivity index (χ4n) is 3.38. The highest BCUT2D eigenvalue weighted by Gasteiger charge is 2.21. The lowest BCUT2D eigenvalue weighted by Gasteiger charge is -2.31. The number of nitrogens with one attached hydrogen (secondary N) is 1. The van der Waals surface area contributed by atoms with E-state index in [-0.39, 0.29) is 11.7 Å². The van der Waals surface area contributed by atoms with Crippen LogP contribution in [-0.4, -0.2) is 37.6 Å². The Bertz CT molecular complexity index is 708. The quantitative estimate of drug-likeness (QED) is 0.858. The number of amides is 1. The van der Waals surface area contributed by atoms with E-state index in [4.69, 9.17) is 4.74 Å². The van der Waals surface area contributed by atoms with Gasteiger partial charge in [-0.1, -0.05) is 12.1 Å². The molecule has 26 heavy (non-hydrogen) atoms. The van der Waals surface area contributed by atoms with E-state index < -0.39 is 0 Å². The van der Waals surface area contributed by atoms with Gasteiger partial charge in [0.15, 0.2) is 0 Å². The van der Waals surface area contributed by atoms with E-state index in [9.17, 15) is 9.18 Å². The molecule has 1 N–H and O–H groups in total. The first-order valence-corrected chi connectivity index (χ1v) is 9.03. The maximum Gasteiger partial charge on any atom is 0.238 e. The number of benzene rings is 2. The largest absolute Gasteiger partial charge is 0.497 e. The number of halogens is 1. The third-order valence-corrected chi connectivity index (χ3v) is 4.89. The smallest absolute Gasteiger partial charge is 0.238 e. The highest BCUT2D eigenvalue weighted by atomic mass is 19.1. The van der Waals surface area contributed by atoms with E-state index in [2.05, 4.69) is 10.2 Å². The summed E-state index contributed by atoms with van der Waals surface area (Å²) in [6, 6.07) is 14.1. The minimum Gasteiger partial charge on any atom is -0.497 e. The van der Waals surface area contributed by atoms with Crippen LogP contribution in [0.2, 0.25) is 0 Å². The molecule has 0 saturated carbocycles. The van der Waals surface area contributed by atoms with Gasteiger partial charge in [0, 0.05) is 5.69 Å². The molecule has 0 bridgehead atoms. The van der Waals surface area contributed by atoms with Crippen molar-refractivity contribution in [1.82, 2.24) is 4.90 Å². The molecule has 138 valence electrons. The summed E-state index contributed by atoms with van der Waals surface area (Å²) in [6.45, 7) is 2.25. The van der Waals surface area contributed by atoms with E-state index in [0.29, 0.717) is 12.5 Å². The normalized spacial score (nSPS) is 15.6. The van der Waals surface area contributed by atoms with Crippen molar-refractivity contribution in [1.29, 1.82) is 0 Å². The first-order chi connectivity index (χ1) is 12.6. The zero-order valence-electron chi connectivity index (χ0n) is 15.1. The summed E-state index contributed by atoms with van der Waals surface area (Å²) >= 11 is 0. The Morgan fingerprint density at radius 3 is 2.38 bits per heavy atom. The lowest BCUT2D eigenvalue weighted by Crippen LogP contribution is -2.39. The second-order valence-electron chi connectivity index (χ2n) is 6.83. The number of hydrogen-bond acceptors (Lipinski definition) is 3. The molecular formula is C21H25FN2O2. The lowest BCUT2D eigenvalue weighted by atomic mass is 9.90. The van der Waals surface area contributed by atoms with E-state index in [1.807, 2.05) is 36.4 Å². The van der Waals surface area contributed by atoms with Gasteiger partial charge in [-0.2, -0.15) is 0 Å². The van der Waals surface area contributed by atoms with Gasteiger partial charge in [-0.05, 0) is 80.2 Å². The van der Waals surface area contributed by atoms with Gasteiger partial charge in [0.1, 0.15) is 11.6 Å². The van der Waals surface area contributed by atoms with Gasteiger partial charge in [-0.3, -0.25) is 9.69 Å². The Balaban J connectivity index is 1.41. The zero-order chi connectivity index (χ0) is 18.4. The minimum atomic E-state index is -0.188. The Hall–Kier alpha value is -2.40. The van der Waals surface area contributed by atoms with E-state index in [0.717, 1.165) is 43.8 Å². The fourth-order valence-corrected chi connectivity index (χ4v) is 3.38. The highest BCUT2D eigenvalue weighted by Crippen LogP contribution is 2.22. The van der Waals surface area contributed by atoms with Crippen molar-refractivity contribution in [2.24, 2.45) is 5.92 Å². The van der Waals surface area contributed by atoms with Gasteiger partial charge >= 0.3 is 0 Å². The second kappa shape index (κ2) is 8.81. The number of anilines is 1. The van der Waals surface area contributed by atoms with E-state index in [1.165, 1.54) is 17.7 Å². The Morgan fingerprint density at radius 2 is 1.77 bits per heavy atom. The number of methoxy groups -OCH3 is 1. The van der Waals surface area contributed by atoms with Crippen molar-refractivity contribution in [3.05, 3.63) is 59.9 Å². The number of likely N-dealkylation sites (tertiary alicyclic amines) is 1. The summed E-state index contributed by atoms with van der Waals surface area (Å²) in [6.07, 6.45) is 3.10. The zero-order valence-corrected chi connectivity index (χ0v) is 15.1. The molecule has 4 nitrogen and oxygen atoms in total. The Morgan fingerprint density at radius 1 is 1.12 bits per heavy atom. The summed E-state index contributed by atoms with van der Waals surface area (Å²) in [5.41, 5.74) is 1.96. The van der Waals surface area contributed by atoms with Crippen molar-refractivity contribution in [3.8, 4) is 5.75 Å². The molecule has 0 atom stereocenters. The molecule has 0 radical (unpaired) electrons. The van der Waals surface area contributed by atoms with Crippen molar-refractivity contribution >= 4 is 11.6 Å². The molecule has 0 unspecified atom stereocenters. The van der Waals surface area contributed by atoms with E-state index >= 15 is 0 Å². The van der Waals surface area contributed by atoms with Crippen molar-refractivity contribution in [2.45, 2.75) is 19.3 Å². The molecule has 2 aromatic carbocycles.